The Labute approximate surface area is 226 Å². The number of aromatic nitrogens is 1. The molecule has 4 heterocycles. The molecule has 3 aliphatic heterocycles. The summed E-state index contributed by atoms with van der Waals surface area (Å²) < 4.78 is 59.8. The van der Waals surface area contributed by atoms with E-state index in [2.05, 4.69) is 25.3 Å². The second-order valence-electron chi connectivity index (χ2n) is 9.44. The molecule has 40 heavy (non-hydrogen) atoms. The van der Waals surface area contributed by atoms with Crippen molar-refractivity contribution in [2.75, 3.05) is 43.2 Å². The van der Waals surface area contributed by atoms with E-state index in [-0.39, 0.29) is 11.6 Å². The van der Waals surface area contributed by atoms with Crippen molar-refractivity contribution in [2.24, 2.45) is 21.7 Å². The summed E-state index contributed by atoms with van der Waals surface area (Å²) in [4.78, 5) is 22.7. The molecule has 0 radical (unpaired) electrons. The average Bonchev–Trinajstić information content (AvgIpc) is 3.10. The molecule has 1 aromatic heterocycles. The predicted molar refractivity (Wildman–Crippen MR) is 140 cm³/mol. The van der Waals surface area contributed by atoms with Crippen LogP contribution >= 0.6 is 0 Å². The van der Waals surface area contributed by atoms with Crippen LogP contribution in [0.15, 0.2) is 58.4 Å². The Morgan fingerprint density at radius 3 is 2.80 bits per heavy atom. The van der Waals surface area contributed by atoms with E-state index in [4.69, 9.17) is 16.3 Å². The molecule has 15 heteroatoms. The molecule has 212 valence electrons. The number of aliphatic imine (C=N–C) groups is 1. The lowest BCUT2D eigenvalue weighted by Crippen LogP contribution is -2.45. The van der Waals surface area contributed by atoms with Crippen molar-refractivity contribution >= 4 is 29.7 Å². The normalized spacial score (nSPS) is 21.4. The molecule has 0 saturated carbocycles. The highest BCUT2D eigenvalue weighted by Gasteiger charge is 2.40. The van der Waals surface area contributed by atoms with Crippen LogP contribution in [0.2, 0.25) is 0 Å². The standard InChI is InChI=1S/C25H27F4N9O2/c26-19-10-15(2-3-20(19)35-24(39)37(31)21-11-16(4-5-32-21)25(27,28)29)18-12-17(13-36-6-1-8-40-9-7-36)38-22(18)23(30)33-14-34-38/h2-5,10-12,14,18,22H,1,6-9,13,31H2,(H,35,39)(H2,30,33,34). The zero-order chi connectivity index (χ0) is 28.4. The van der Waals surface area contributed by atoms with Gasteiger partial charge in [0.05, 0.1) is 17.9 Å². The monoisotopic (exact) mass is 561 g/mol. The fraction of sp³-hybridized carbons (Fsp3) is 0.360. The number of urea groups is 1. The van der Waals surface area contributed by atoms with Crippen molar-refractivity contribution in [3.8, 4) is 0 Å². The van der Waals surface area contributed by atoms with Gasteiger partial charge in [0.25, 0.3) is 0 Å². The number of hydrogen-bond acceptors (Lipinski definition) is 9. The number of nitrogens with one attached hydrogen (secondary N) is 1. The number of hydrazone groups is 1. The summed E-state index contributed by atoms with van der Waals surface area (Å²) in [5, 5.41) is 8.84. The van der Waals surface area contributed by atoms with Gasteiger partial charge in [0.1, 0.15) is 24.0 Å². The molecule has 0 aliphatic carbocycles. The van der Waals surface area contributed by atoms with Crippen LogP contribution in [0.4, 0.5) is 33.9 Å². The third-order valence-corrected chi connectivity index (χ3v) is 6.81. The van der Waals surface area contributed by atoms with Crippen LogP contribution in [0, 0.1) is 5.82 Å². The van der Waals surface area contributed by atoms with E-state index in [9.17, 15) is 18.0 Å². The summed E-state index contributed by atoms with van der Waals surface area (Å²) in [7, 11) is 0. The summed E-state index contributed by atoms with van der Waals surface area (Å²) in [6.07, 6.45) is 0.494. The number of amidine groups is 1. The number of nitrogens with zero attached hydrogens (tertiary/aromatic N) is 6. The first-order valence-corrected chi connectivity index (χ1v) is 12.5. The highest BCUT2D eigenvalue weighted by atomic mass is 19.4. The highest BCUT2D eigenvalue weighted by Crippen LogP contribution is 2.38. The largest absolute Gasteiger partial charge is 0.416 e. The molecule has 5 rings (SSSR count). The smallest absolute Gasteiger partial charge is 0.385 e. The summed E-state index contributed by atoms with van der Waals surface area (Å²) in [6, 6.07) is 4.06. The molecule has 2 unspecified atom stereocenters. The van der Waals surface area contributed by atoms with E-state index < -0.39 is 35.4 Å². The Balaban J connectivity index is 1.33. The molecule has 1 saturated heterocycles. The van der Waals surface area contributed by atoms with Crippen LogP contribution in [0.5, 0.6) is 0 Å². The number of fused-ring (bicyclic) bond motifs is 1. The molecule has 5 N–H and O–H groups in total. The third-order valence-electron chi connectivity index (χ3n) is 6.81. The summed E-state index contributed by atoms with van der Waals surface area (Å²) in [6.45, 7) is 3.59. The molecule has 11 nitrogen and oxygen atoms in total. The molecular formula is C25H27F4N9O2. The number of halogens is 4. The molecular weight excluding hydrogens is 534 g/mol. The van der Waals surface area contributed by atoms with Gasteiger partial charge in [-0.3, -0.25) is 9.91 Å². The zero-order valence-electron chi connectivity index (χ0n) is 21.2. The van der Waals surface area contributed by atoms with Crippen LogP contribution in [0.3, 0.4) is 0 Å². The Kier molecular flexibility index (Phi) is 7.69. The van der Waals surface area contributed by atoms with Crippen LogP contribution in [0.25, 0.3) is 0 Å². The Morgan fingerprint density at radius 1 is 1.20 bits per heavy atom. The van der Waals surface area contributed by atoms with Gasteiger partial charge < -0.3 is 15.8 Å². The van der Waals surface area contributed by atoms with Crippen molar-refractivity contribution in [3.05, 3.63) is 65.2 Å². The number of hydrazine groups is 1. The summed E-state index contributed by atoms with van der Waals surface area (Å²) in [5.41, 5.74) is 6.45. The maximum absolute atomic E-state index is 15.2. The first-order chi connectivity index (χ1) is 19.1. The number of anilines is 2. The van der Waals surface area contributed by atoms with E-state index in [1.807, 2.05) is 6.08 Å². The van der Waals surface area contributed by atoms with Crippen molar-refractivity contribution < 1.29 is 27.1 Å². The second kappa shape index (κ2) is 11.2. The van der Waals surface area contributed by atoms with Gasteiger partial charge in [0.2, 0.25) is 0 Å². The van der Waals surface area contributed by atoms with Crippen molar-refractivity contribution in [2.45, 2.75) is 24.6 Å². The number of carbonyl (C=O) groups is 1. The van der Waals surface area contributed by atoms with Crippen LogP contribution in [-0.4, -0.2) is 72.0 Å². The molecule has 2 atom stereocenters. The van der Waals surface area contributed by atoms with Gasteiger partial charge in [-0.1, -0.05) is 12.1 Å². The van der Waals surface area contributed by atoms with Gasteiger partial charge in [-0.2, -0.15) is 18.3 Å². The van der Waals surface area contributed by atoms with Crippen LogP contribution in [0.1, 0.15) is 23.5 Å². The Hall–Kier alpha value is -4.08. The predicted octanol–water partition coefficient (Wildman–Crippen LogP) is 2.84. The number of benzene rings is 1. The first kappa shape index (κ1) is 27.5. The number of pyridine rings is 1. The maximum atomic E-state index is 15.2. The fourth-order valence-electron chi connectivity index (χ4n) is 4.82. The summed E-state index contributed by atoms with van der Waals surface area (Å²) in [5.74, 6) is 4.39. The van der Waals surface area contributed by atoms with Gasteiger partial charge in [-0.05, 0) is 36.2 Å². The van der Waals surface area contributed by atoms with Crippen molar-refractivity contribution in [3.63, 3.8) is 0 Å². The van der Waals surface area contributed by atoms with Gasteiger partial charge in [0, 0.05) is 44.1 Å². The quantitative estimate of drug-likeness (QED) is 0.221. The number of hydrogen-bond donors (Lipinski definition) is 3. The van der Waals surface area contributed by atoms with Crippen molar-refractivity contribution in [1.29, 1.82) is 0 Å². The number of carbonyl (C=O) groups excluding carboxylic acids is 1. The van der Waals surface area contributed by atoms with Gasteiger partial charge >= 0.3 is 12.2 Å². The zero-order valence-corrected chi connectivity index (χ0v) is 21.2. The molecule has 0 spiro atoms. The van der Waals surface area contributed by atoms with E-state index in [1.165, 1.54) is 18.5 Å². The molecule has 1 aromatic carbocycles. The number of nitrogens with two attached hydrogens (primary N) is 2. The summed E-state index contributed by atoms with van der Waals surface area (Å²) >= 11 is 0. The first-order valence-electron chi connectivity index (χ1n) is 12.5. The van der Waals surface area contributed by atoms with E-state index >= 15 is 4.39 Å². The lowest BCUT2D eigenvalue weighted by molar-refractivity contribution is -0.137. The van der Waals surface area contributed by atoms with Crippen LogP contribution < -0.4 is 21.9 Å². The van der Waals surface area contributed by atoms with E-state index in [0.717, 1.165) is 37.5 Å². The minimum absolute atomic E-state index is 0.219. The van der Waals surface area contributed by atoms with E-state index in [1.54, 1.807) is 11.1 Å². The number of alkyl halides is 3. The minimum Gasteiger partial charge on any atom is -0.385 e. The van der Waals surface area contributed by atoms with Crippen molar-refractivity contribution in [1.82, 2.24) is 14.9 Å². The van der Waals surface area contributed by atoms with E-state index in [0.29, 0.717) is 42.2 Å². The maximum Gasteiger partial charge on any atom is 0.416 e. The highest BCUT2D eigenvalue weighted by molar-refractivity contribution is 6.00. The number of rotatable bonds is 5. The fourth-order valence-corrected chi connectivity index (χ4v) is 4.82. The lowest BCUT2D eigenvalue weighted by Gasteiger charge is -2.31. The third kappa shape index (κ3) is 5.76. The molecule has 1 fully saturated rings. The lowest BCUT2D eigenvalue weighted by atomic mass is 9.92. The Morgan fingerprint density at radius 2 is 2.02 bits per heavy atom. The molecule has 3 aliphatic rings. The van der Waals surface area contributed by atoms with Crippen LogP contribution in [-0.2, 0) is 10.9 Å². The van der Waals surface area contributed by atoms with Gasteiger partial charge in [-0.15, -0.1) is 0 Å². The Bertz CT molecular complexity index is 1360. The molecule has 0 bridgehead atoms. The average molecular weight is 562 g/mol. The second-order valence-corrected chi connectivity index (χ2v) is 9.44. The van der Waals surface area contributed by atoms with Gasteiger partial charge in [-0.25, -0.2) is 30.0 Å². The van der Waals surface area contributed by atoms with Gasteiger partial charge in [0.15, 0.2) is 5.82 Å². The minimum atomic E-state index is -4.65. The SMILES string of the molecule is NC1=NC=NN2C(CN3CCCOCC3)=CC(c3ccc(NC(=O)N(N)c4cc(C(F)(F)F)ccn4)c(F)c3)C12. The topological polar surface area (TPSA) is 138 Å². The molecule has 2 amide bonds. The molecule has 2 aromatic rings. The number of amides is 2. The number of ether oxygens (including phenoxy) is 1.